The molecule has 7 nitrogen and oxygen atoms in total. The van der Waals surface area contributed by atoms with Crippen LogP contribution in [0, 0.1) is 0 Å². The summed E-state index contributed by atoms with van der Waals surface area (Å²) in [5, 5.41) is 7.99. The Hall–Kier alpha value is -2.96. The molecule has 0 saturated carbocycles. The van der Waals surface area contributed by atoms with Gasteiger partial charge in [-0.1, -0.05) is 19.1 Å². The van der Waals surface area contributed by atoms with E-state index < -0.39 is 17.7 Å². The van der Waals surface area contributed by atoms with Crippen LogP contribution in [0.15, 0.2) is 34.3 Å². The monoisotopic (exact) mass is 342 g/mol. The van der Waals surface area contributed by atoms with Crippen molar-refractivity contribution in [1.82, 2.24) is 10.2 Å². The van der Waals surface area contributed by atoms with Crippen LogP contribution in [0.2, 0.25) is 0 Å². The number of aromatic nitrogens is 2. The highest BCUT2D eigenvalue weighted by atomic mass is 16.7. The maximum absolute atomic E-state index is 12.0. The van der Waals surface area contributed by atoms with Crippen LogP contribution in [0.5, 0.6) is 0 Å². The minimum atomic E-state index is -1.25. The Morgan fingerprint density at radius 2 is 1.68 bits per heavy atom. The highest BCUT2D eigenvalue weighted by Gasteiger charge is 2.38. The zero-order valence-electron chi connectivity index (χ0n) is 14.2. The van der Waals surface area contributed by atoms with Crippen molar-refractivity contribution < 1.29 is 23.5 Å². The van der Waals surface area contributed by atoms with Gasteiger partial charge >= 0.3 is 11.9 Å². The summed E-state index contributed by atoms with van der Waals surface area (Å²) >= 11 is 0. The fourth-order valence-electron chi connectivity index (χ4n) is 2.35. The van der Waals surface area contributed by atoms with Crippen LogP contribution in [0.1, 0.15) is 38.6 Å². The first-order valence-corrected chi connectivity index (χ1v) is 7.99. The van der Waals surface area contributed by atoms with E-state index in [2.05, 4.69) is 10.2 Å². The second-order valence-corrected chi connectivity index (χ2v) is 6.11. The average molecular weight is 342 g/mol. The van der Waals surface area contributed by atoms with Crippen LogP contribution < -0.4 is 0 Å². The van der Waals surface area contributed by atoms with Gasteiger partial charge in [0.15, 0.2) is 0 Å². The van der Waals surface area contributed by atoms with Crippen molar-refractivity contribution >= 4 is 18.0 Å². The molecule has 0 aliphatic carbocycles. The van der Waals surface area contributed by atoms with Gasteiger partial charge in [-0.25, -0.2) is 9.59 Å². The zero-order valence-corrected chi connectivity index (χ0v) is 14.2. The van der Waals surface area contributed by atoms with Crippen LogP contribution in [-0.2, 0) is 25.5 Å². The van der Waals surface area contributed by atoms with Gasteiger partial charge in [-0.3, -0.25) is 0 Å². The van der Waals surface area contributed by atoms with Crippen molar-refractivity contribution in [3.05, 3.63) is 41.3 Å². The van der Waals surface area contributed by atoms with Crippen molar-refractivity contribution in [2.75, 3.05) is 0 Å². The van der Waals surface area contributed by atoms with Crippen molar-refractivity contribution in [2.45, 2.75) is 39.4 Å². The lowest BCUT2D eigenvalue weighted by Gasteiger charge is -2.29. The Morgan fingerprint density at radius 1 is 1.04 bits per heavy atom. The van der Waals surface area contributed by atoms with Gasteiger partial charge in [0.2, 0.25) is 11.8 Å². The summed E-state index contributed by atoms with van der Waals surface area (Å²) in [4.78, 5) is 23.9. The number of aryl methyl sites for hydroxylation is 1. The number of benzene rings is 1. The maximum Gasteiger partial charge on any atom is 0.348 e. The molecule has 0 radical (unpaired) electrons. The third-order valence-electron chi connectivity index (χ3n) is 3.52. The third-order valence-corrected chi connectivity index (χ3v) is 3.52. The van der Waals surface area contributed by atoms with Crippen LogP contribution in [0.25, 0.3) is 17.5 Å². The number of cyclic esters (lactones) is 2. The topological polar surface area (TPSA) is 91.5 Å². The second kappa shape index (κ2) is 6.51. The van der Waals surface area contributed by atoms with Gasteiger partial charge in [0.25, 0.3) is 5.79 Å². The van der Waals surface area contributed by atoms with E-state index in [-0.39, 0.29) is 5.57 Å². The molecule has 2 aromatic rings. The molecule has 3 rings (SSSR count). The number of hydrogen-bond acceptors (Lipinski definition) is 7. The molecule has 1 aliphatic rings. The molecule has 1 aliphatic heterocycles. The first-order chi connectivity index (χ1) is 11.9. The molecular weight excluding hydrogens is 324 g/mol. The summed E-state index contributed by atoms with van der Waals surface area (Å²) in [5.41, 5.74) is 1.27. The van der Waals surface area contributed by atoms with Gasteiger partial charge in [-0.15, -0.1) is 10.2 Å². The fraction of sp³-hybridized carbons (Fsp3) is 0.333. The Kier molecular flexibility index (Phi) is 4.39. The van der Waals surface area contributed by atoms with E-state index in [0.717, 1.165) is 18.4 Å². The van der Waals surface area contributed by atoms with E-state index in [1.807, 2.05) is 6.92 Å². The van der Waals surface area contributed by atoms with E-state index >= 15 is 0 Å². The van der Waals surface area contributed by atoms with Gasteiger partial charge in [0.05, 0.1) is 0 Å². The van der Waals surface area contributed by atoms with Gasteiger partial charge in [0.1, 0.15) is 5.57 Å². The van der Waals surface area contributed by atoms with Crippen LogP contribution >= 0.6 is 0 Å². The molecule has 1 aromatic carbocycles. The van der Waals surface area contributed by atoms with Gasteiger partial charge in [-0.2, -0.15) is 0 Å². The summed E-state index contributed by atoms with van der Waals surface area (Å²) in [6.45, 7) is 5.05. The number of ether oxygens (including phenoxy) is 2. The minimum absolute atomic E-state index is 0.143. The van der Waals surface area contributed by atoms with Crippen molar-refractivity contribution in [2.24, 2.45) is 0 Å². The van der Waals surface area contributed by atoms with E-state index in [1.54, 1.807) is 24.3 Å². The lowest BCUT2D eigenvalue weighted by molar-refractivity contribution is -0.222. The van der Waals surface area contributed by atoms with E-state index in [0.29, 0.717) is 17.3 Å². The highest BCUT2D eigenvalue weighted by Crippen LogP contribution is 2.25. The highest BCUT2D eigenvalue weighted by molar-refractivity contribution is 6.18. The van der Waals surface area contributed by atoms with Crippen LogP contribution in [-0.4, -0.2) is 27.9 Å². The van der Waals surface area contributed by atoms with E-state index in [4.69, 9.17) is 13.9 Å². The first-order valence-electron chi connectivity index (χ1n) is 7.99. The SMILES string of the molecule is CCCc1nnc(-c2ccc(C=C3C(=O)OC(C)(C)OC3=O)cc2)o1. The third kappa shape index (κ3) is 3.76. The van der Waals surface area contributed by atoms with Crippen molar-refractivity contribution in [1.29, 1.82) is 0 Å². The standard InChI is InChI=1S/C18H18N2O5/c1-4-5-14-19-20-15(23-14)12-8-6-11(7-9-12)10-13-16(21)24-18(2,3)25-17(13)22/h6-10H,4-5H2,1-3H3. The minimum Gasteiger partial charge on any atom is -0.421 e. The van der Waals surface area contributed by atoms with Crippen molar-refractivity contribution in [3.8, 4) is 11.5 Å². The molecule has 7 heteroatoms. The molecule has 0 bridgehead atoms. The molecular formula is C18H18N2O5. The number of hydrogen-bond donors (Lipinski definition) is 0. The molecule has 130 valence electrons. The zero-order chi connectivity index (χ0) is 18.0. The molecule has 0 N–H and O–H groups in total. The molecule has 0 unspecified atom stereocenters. The molecule has 25 heavy (non-hydrogen) atoms. The smallest absolute Gasteiger partial charge is 0.348 e. The Balaban J connectivity index is 1.80. The molecule has 1 fully saturated rings. The number of esters is 2. The molecule has 0 amide bonds. The summed E-state index contributed by atoms with van der Waals surface area (Å²) in [7, 11) is 0. The Labute approximate surface area is 144 Å². The van der Waals surface area contributed by atoms with E-state index in [9.17, 15) is 9.59 Å². The first kappa shape index (κ1) is 16.9. The molecule has 0 spiro atoms. The largest absolute Gasteiger partial charge is 0.421 e. The lowest BCUT2D eigenvalue weighted by Crippen LogP contribution is -2.41. The quantitative estimate of drug-likeness (QED) is 0.479. The number of rotatable bonds is 4. The number of nitrogens with zero attached hydrogens (tertiary/aromatic N) is 2. The van der Waals surface area contributed by atoms with Crippen LogP contribution in [0.3, 0.4) is 0 Å². The maximum atomic E-state index is 12.0. The van der Waals surface area contributed by atoms with E-state index in [1.165, 1.54) is 19.9 Å². The summed E-state index contributed by atoms with van der Waals surface area (Å²) < 4.78 is 15.7. The number of carbonyl (C=O) groups excluding carboxylic acids is 2. The second-order valence-electron chi connectivity index (χ2n) is 6.11. The predicted molar refractivity (Wildman–Crippen MR) is 88.0 cm³/mol. The Morgan fingerprint density at radius 3 is 2.28 bits per heavy atom. The summed E-state index contributed by atoms with van der Waals surface area (Å²) in [6, 6.07) is 7.04. The van der Waals surface area contributed by atoms with Gasteiger partial charge in [0, 0.05) is 25.8 Å². The number of carbonyl (C=O) groups is 2. The fourth-order valence-corrected chi connectivity index (χ4v) is 2.35. The molecule has 0 atom stereocenters. The average Bonchev–Trinajstić information content (AvgIpc) is 3.00. The predicted octanol–water partition coefficient (Wildman–Crippen LogP) is 2.91. The lowest BCUT2D eigenvalue weighted by atomic mass is 10.1. The normalized spacial score (nSPS) is 16.4. The van der Waals surface area contributed by atoms with Gasteiger partial charge in [-0.05, 0) is 30.2 Å². The Bertz CT molecular complexity index is 811. The molecule has 1 aromatic heterocycles. The molecule has 2 heterocycles. The van der Waals surface area contributed by atoms with Crippen molar-refractivity contribution in [3.63, 3.8) is 0 Å². The summed E-state index contributed by atoms with van der Waals surface area (Å²) in [5.74, 6) is -1.62. The van der Waals surface area contributed by atoms with Crippen LogP contribution in [0.4, 0.5) is 0 Å². The van der Waals surface area contributed by atoms with Gasteiger partial charge < -0.3 is 13.9 Å². The summed E-state index contributed by atoms with van der Waals surface area (Å²) in [6.07, 6.45) is 3.09. The molecule has 1 saturated heterocycles.